The first-order valence-corrected chi connectivity index (χ1v) is 7.63. The number of ether oxygens (including phenoxy) is 1. The Morgan fingerprint density at radius 1 is 1.18 bits per heavy atom. The second-order valence-corrected chi connectivity index (χ2v) is 6.92. The van der Waals surface area contributed by atoms with Gasteiger partial charge in [-0.2, -0.15) is 0 Å². The third kappa shape index (κ3) is 2.78. The third-order valence-electron chi connectivity index (χ3n) is 4.65. The van der Waals surface area contributed by atoms with Crippen LogP contribution in [0.5, 0.6) is 0 Å². The number of carbonyl (C=O) groups is 1. The van der Waals surface area contributed by atoms with Gasteiger partial charge in [0.2, 0.25) is 0 Å². The van der Waals surface area contributed by atoms with Gasteiger partial charge in [-0.05, 0) is 45.3 Å². The van der Waals surface area contributed by atoms with Crippen molar-refractivity contribution in [3.63, 3.8) is 0 Å². The van der Waals surface area contributed by atoms with Gasteiger partial charge in [-0.3, -0.25) is 4.79 Å². The fourth-order valence-corrected chi connectivity index (χ4v) is 2.39. The molecule has 1 amide bonds. The molecule has 6 heteroatoms. The van der Waals surface area contributed by atoms with E-state index in [1.807, 2.05) is 45.9 Å². The van der Waals surface area contributed by atoms with Crippen molar-refractivity contribution in [1.29, 1.82) is 0 Å². The highest BCUT2D eigenvalue weighted by atomic mass is 16.7. The number of rotatable bonds is 3. The number of carbonyl (C=O) groups excluding carboxylic acids is 1. The van der Waals surface area contributed by atoms with E-state index in [9.17, 15) is 4.79 Å². The molecule has 22 heavy (non-hydrogen) atoms. The SMILES string of the molecule is CC1(C)OB(c2cccc(C(=O)NC3COC3)c2)OC1(C)C. The molecule has 0 bridgehead atoms. The average Bonchev–Trinajstić information content (AvgIpc) is 2.63. The van der Waals surface area contributed by atoms with E-state index in [1.165, 1.54) is 0 Å². The molecule has 2 saturated heterocycles. The van der Waals surface area contributed by atoms with Crippen LogP contribution in [0.1, 0.15) is 38.1 Å². The summed E-state index contributed by atoms with van der Waals surface area (Å²) in [5, 5.41) is 2.94. The van der Waals surface area contributed by atoms with Gasteiger partial charge in [-0.25, -0.2) is 0 Å². The highest BCUT2D eigenvalue weighted by Crippen LogP contribution is 2.36. The van der Waals surface area contributed by atoms with Crippen LogP contribution in [0.2, 0.25) is 0 Å². The molecule has 0 radical (unpaired) electrons. The molecule has 3 rings (SSSR count). The minimum atomic E-state index is -0.454. The molecule has 2 aliphatic heterocycles. The molecule has 1 aromatic rings. The lowest BCUT2D eigenvalue weighted by Gasteiger charge is -2.32. The number of hydrogen-bond donors (Lipinski definition) is 1. The van der Waals surface area contributed by atoms with Crippen molar-refractivity contribution in [2.45, 2.75) is 44.9 Å². The van der Waals surface area contributed by atoms with Crippen molar-refractivity contribution >= 4 is 18.5 Å². The Morgan fingerprint density at radius 2 is 1.82 bits per heavy atom. The van der Waals surface area contributed by atoms with E-state index >= 15 is 0 Å². The van der Waals surface area contributed by atoms with Gasteiger partial charge in [-0.15, -0.1) is 0 Å². The minimum Gasteiger partial charge on any atom is -0.399 e. The zero-order valence-corrected chi connectivity index (χ0v) is 13.5. The number of amides is 1. The van der Waals surface area contributed by atoms with Crippen LogP contribution in [0, 0.1) is 0 Å². The molecule has 2 aliphatic rings. The van der Waals surface area contributed by atoms with Crippen molar-refractivity contribution in [2.75, 3.05) is 13.2 Å². The molecule has 0 unspecified atom stereocenters. The van der Waals surface area contributed by atoms with E-state index in [4.69, 9.17) is 14.0 Å². The van der Waals surface area contributed by atoms with Gasteiger partial charge in [0.25, 0.3) is 5.91 Å². The second kappa shape index (κ2) is 5.37. The van der Waals surface area contributed by atoms with Crippen molar-refractivity contribution in [3.05, 3.63) is 29.8 Å². The first-order valence-electron chi connectivity index (χ1n) is 7.63. The Bertz CT molecular complexity index is 567. The molecule has 1 N–H and O–H groups in total. The zero-order valence-electron chi connectivity index (χ0n) is 13.5. The first kappa shape index (κ1) is 15.5. The zero-order chi connectivity index (χ0) is 16.0. The molecule has 118 valence electrons. The highest BCUT2D eigenvalue weighted by molar-refractivity contribution is 6.62. The minimum absolute atomic E-state index is 0.0910. The van der Waals surface area contributed by atoms with E-state index in [1.54, 1.807) is 6.07 Å². The summed E-state index contributed by atoms with van der Waals surface area (Å²) in [5.74, 6) is -0.0910. The summed E-state index contributed by atoms with van der Waals surface area (Å²) in [6.07, 6.45) is 0. The van der Waals surface area contributed by atoms with Gasteiger partial charge in [0.1, 0.15) is 0 Å². The lowest BCUT2D eigenvalue weighted by Crippen LogP contribution is -2.48. The summed E-state index contributed by atoms with van der Waals surface area (Å²) in [6, 6.07) is 7.52. The molecule has 0 spiro atoms. The molecule has 0 atom stereocenters. The summed E-state index contributed by atoms with van der Waals surface area (Å²) >= 11 is 0. The summed E-state index contributed by atoms with van der Waals surface area (Å²) in [7, 11) is -0.454. The number of hydrogen-bond acceptors (Lipinski definition) is 4. The van der Waals surface area contributed by atoms with Crippen LogP contribution in [-0.2, 0) is 14.0 Å². The Morgan fingerprint density at radius 3 is 2.36 bits per heavy atom. The van der Waals surface area contributed by atoms with Crippen molar-refractivity contribution in [1.82, 2.24) is 5.32 Å². The molecule has 2 heterocycles. The Balaban J connectivity index is 1.75. The van der Waals surface area contributed by atoms with Crippen molar-refractivity contribution < 1.29 is 18.8 Å². The smallest absolute Gasteiger partial charge is 0.399 e. The molecular weight excluding hydrogens is 281 g/mol. The maximum atomic E-state index is 12.2. The molecule has 0 saturated carbocycles. The lowest BCUT2D eigenvalue weighted by molar-refractivity contribution is -0.00346. The standard InChI is InChI=1S/C16H22BNO4/c1-15(2)16(3,4)22-17(21-15)12-7-5-6-11(8-12)14(19)18-13-9-20-10-13/h5-8,13H,9-10H2,1-4H3,(H,18,19). The molecule has 1 aromatic carbocycles. The van der Waals surface area contributed by atoms with E-state index in [-0.39, 0.29) is 23.2 Å². The van der Waals surface area contributed by atoms with E-state index in [0.717, 1.165) is 5.46 Å². The summed E-state index contributed by atoms with van der Waals surface area (Å²) in [5.41, 5.74) is 0.688. The van der Waals surface area contributed by atoms with Gasteiger partial charge in [0, 0.05) is 5.56 Å². The second-order valence-electron chi connectivity index (χ2n) is 6.92. The largest absolute Gasteiger partial charge is 0.494 e. The quantitative estimate of drug-likeness (QED) is 0.850. The van der Waals surface area contributed by atoms with Crippen molar-refractivity contribution in [3.8, 4) is 0 Å². The van der Waals surface area contributed by atoms with Crippen LogP contribution in [0.25, 0.3) is 0 Å². The highest BCUT2D eigenvalue weighted by Gasteiger charge is 2.51. The fourth-order valence-electron chi connectivity index (χ4n) is 2.39. The average molecular weight is 303 g/mol. The topological polar surface area (TPSA) is 56.8 Å². The predicted molar refractivity (Wildman–Crippen MR) is 84.2 cm³/mol. The number of nitrogens with one attached hydrogen (secondary N) is 1. The van der Waals surface area contributed by atoms with Gasteiger partial charge in [-0.1, -0.05) is 12.1 Å². The maximum absolute atomic E-state index is 12.2. The van der Waals surface area contributed by atoms with Gasteiger partial charge >= 0.3 is 7.12 Å². The van der Waals surface area contributed by atoms with Crippen LogP contribution in [0.4, 0.5) is 0 Å². The molecule has 0 aliphatic carbocycles. The predicted octanol–water partition coefficient (Wildman–Crippen LogP) is 1.11. The molecule has 2 fully saturated rings. The maximum Gasteiger partial charge on any atom is 0.494 e. The van der Waals surface area contributed by atoms with Gasteiger partial charge in [0.05, 0.1) is 30.5 Å². The van der Waals surface area contributed by atoms with Crippen LogP contribution in [-0.4, -0.2) is 43.5 Å². The number of benzene rings is 1. The van der Waals surface area contributed by atoms with Crippen LogP contribution in [0.15, 0.2) is 24.3 Å². The van der Waals surface area contributed by atoms with Crippen LogP contribution < -0.4 is 10.8 Å². The molecular formula is C16H22BNO4. The van der Waals surface area contributed by atoms with Gasteiger partial charge < -0.3 is 19.4 Å². The van der Waals surface area contributed by atoms with Crippen LogP contribution in [0.3, 0.4) is 0 Å². The third-order valence-corrected chi connectivity index (χ3v) is 4.65. The normalized spacial score (nSPS) is 23.2. The lowest BCUT2D eigenvalue weighted by atomic mass is 9.78. The fraction of sp³-hybridized carbons (Fsp3) is 0.562. The molecule has 0 aromatic heterocycles. The van der Waals surface area contributed by atoms with E-state index in [0.29, 0.717) is 18.8 Å². The van der Waals surface area contributed by atoms with Gasteiger partial charge in [0.15, 0.2) is 0 Å². The molecule has 5 nitrogen and oxygen atoms in total. The summed E-state index contributed by atoms with van der Waals surface area (Å²) < 4.78 is 17.1. The summed E-state index contributed by atoms with van der Waals surface area (Å²) in [6.45, 7) is 9.23. The first-order chi connectivity index (χ1) is 10.3. The monoisotopic (exact) mass is 303 g/mol. The van der Waals surface area contributed by atoms with Crippen molar-refractivity contribution in [2.24, 2.45) is 0 Å². The van der Waals surface area contributed by atoms with E-state index < -0.39 is 7.12 Å². The Hall–Kier alpha value is -1.37. The van der Waals surface area contributed by atoms with E-state index in [2.05, 4.69) is 5.32 Å². The summed E-state index contributed by atoms with van der Waals surface area (Å²) in [4.78, 5) is 12.2. The van der Waals surface area contributed by atoms with Crippen LogP contribution >= 0.6 is 0 Å². The Labute approximate surface area is 131 Å². The Kier molecular flexibility index (Phi) is 3.79.